The molecule has 8 heteroatoms. The monoisotopic (exact) mass is 495 g/mol. The van der Waals surface area contributed by atoms with Crippen molar-refractivity contribution in [2.45, 2.75) is 6.92 Å². The zero-order valence-electron chi connectivity index (χ0n) is 19.6. The second kappa shape index (κ2) is 10.0. The Morgan fingerprint density at radius 3 is 2.44 bits per heavy atom. The van der Waals surface area contributed by atoms with Gasteiger partial charge in [-0.05, 0) is 67.1 Å². The third-order valence-electron chi connectivity index (χ3n) is 5.69. The number of methoxy groups -OCH3 is 1. The Kier molecular flexibility index (Phi) is 6.47. The van der Waals surface area contributed by atoms with E-state index in [-0.39, 0.29) is 5.91 Å². The molecule has 5 aromatic rings. The van der Waals surface area contributed by atoms with E-state index in [0.717, 1.165) is 22.6 Å². The fourth-order valence-electron chi connectivity index (χ4n) is 3.90. The molecule has 0 aliphatic rings. The van der Waals surface area contributed by atoms with Crippen LogP contribution in [0.15, 0.2) is 90.0 Å². The molecule has 0 saturated heterocycles. The van der Waals surface area contributed by atoms with Crippen molar-refractivity contribution in [2.24, 2.45) is 5.10 Å². The van der Waals surface area contributed by atoms with Gasteiger partial charge in [0.05, 0.1) is 41.3 Å². The van der Waals surface area contributed by atoms with E-state index in [1.807, 2.05) is 73.7 Å². The normalized spacial score (nSPS) is 11.2. The summed E-state index contributed by atoms with van der Waals surface area (Å²) < 4.78 is 6.93. The van der Waals surface area contributed by atoms with Crippen LogP contribution in [0.4, 0.5) is 0 Å². The van der Waals surface area contributed by atoms with Crippen LogP contribution in [0.5, 0.6) is 5.75 Å². The molecule has 0 atom stereocenters. The molecule has 3 aromatic carbocycles. The maximum Gasteiger partial charge on any atom is 0.272 e. The first-order valence-corrected chi connectivity index (χ1v) is 11.6. The van der Waals surface area contributed by atoms with Gasteiger partial charge in [0, 0.05) is 10.6 Å². The summed E-state index contributed by atoms with van der Waals surface area (Å²) in [5.74, 6) is 0.383. The van der Waals surface area contributed by atoms with E-state index in [1.165, 1.54) is 0 Å². The number of carbonyl (C=O) groups excluding carboxylic acids is 1. The largest absolute Gasteiger partial charge is 0.497 e. The Hall–Kier alpha value is -4.49. The molecule has 7 nitrogen and oxygen atoms in total. The summed E-state index contributed by atoms with van der Waals surface area (Å²) in [5, 5.41) is 10.1. The minimum Gasteiger partial charge on any atom is -0.497 e. The van der Waals surface area contributed by atoms with Crippen molar-refractivity contribution in [3.63, 3.8) is 0 Å². The van der Waals surface area contributed by atoms with Gasteiger partial charge in [0.1, 0.15) is 5.75 Å². The number of fused-ring (bicyclic) bond motifs is 1. The SMILES string of the molecule is COc1ccc(C=NNC(=O)c2cc(-c3ccc(Cl)cc3)nc3c2c(C)nn3-c2ccccc2)cc1. The summed E-state index contributed by atoms with van der Waals surface area (Å²) in [4.78, 5) is 18.2. The van der Waals surface area contributed by atoms with Crippen molar-refractivity contribution < 1.29 is 9.53 Å². The molecule has 0 aliphatic heterocycles. The molecule has 36 heavy (non-hydrogen) atoms. The van der Waals surface area contributed by atoms with Crippen molar-refractivity contribution in [3.8, 4) is 22.7 Å². The number of rotatable bonds is 6. The van der Waals surface area contributed by atoms with Crippen LogP contribution in [0.2, 0.25) is 5.02 Å². The number of pyridine rings is 1. The highest BCUT2D eigenvalue weighted by Crippen LogP contribution is 2.29. The summed E-state index contributed by atoms with van der Waals surface area (Å²) in [6.07, 6.45) is 1.58. The number of amides is 1. The molecule has 0 unspecified atom stereocenters. The Morgan fingerprint density at radius 2 is 1.75 bits per heavy atom. The molecule has 0 radical (unpaired) electrons. The van der Waals surface area contributed by atoms with E-state index < -0.39 is 0 Å². The molecule has 0 aliphatic carbocycles. The second-order valence-corrected chi connectivity index (χ2v) is 8.50. The first-order chi connectivity index (χ1) is 17.5. The number of benzene rings is 3. The molecule has 1 N–H and O–H groups in total. The standard InChI is InChI=1S/C28H22ClN5O2/c1-18-26-24(28(35)32-30-17-19-8-14-23(36-2)15-9-19)16-25(20-10-12-21(29)13-11-20)31-27(26)34(33-18)22-6-4-3-5-7-22/h3-17H,1-2H3,(H,32,35). The molecule has 1 amide bonds. The number of carbonyl (C=O) groups is 1. The molecule has 0 bridgehead atoms. The van der Waals surface area contributed by atoms with Gasteiger partial charge in [0.25, 0.3) is 5.91 Å². The maximum absolute atomic E-state index is 13.4. The highest BCUT2D eigenvalue weighted by molar-refractivity contribution is 6.30. The van der Waals surface area contributed by atoms with Crippen LogP contribution in [-0.4, -0.2) is 34.0 Å². The molecule has 2 aromatic heterocycles. The van der Waals surface area contributed by atoms with Crippen molar-refractivity contribution >= 4 is 34.8 Å². The van der Waals surface area contributed by atoms with Gasteiger partial charge >= 0.3 is 0 Å². The molecule has 0 saturated carbocycles. The lowest BCUT2D eigenvalue weighted by molar-refractivity contribution is 0.0956. The Balaban J connectivity index is 1.57. The van der Waals surface area contributed by atoms with E-state index in [4.69, 9.17) is 26.4 Å². The van der Waals surface area contributed by atoms with Crippen LogP contribution in [0.3, 0.4) is 0 Å². The highest BCUT2D eigenvalue weighted by Gasteiger charge is 2.21. The zero-order chi connectivity index (χ0) is 25.1. The topological polar surface area (TPSA) is 81.4 Å². The predicted molar refractivity (Wildman–Crippen MR) is 142 cm³/mol. The zero-order valence-corrected chi connectivity index (χ0v) is 20.4. The van der Waals surface area contributed by atoms with E-state index in [2.05, 4.69) is 10.5 Å². The smallest absolute Gasteiger partial charge is 0.272 e. The third kappa shape index (κ3) is 4.69. The first kappa shape index (κ1) is 23.3. The number of aromatic nitrogens is 3. The van der Waals surface area contributed by atoms with Gasteiger partial charge in [-0.1, -0.05) is 41.9 Å². The fourth-order valence-corrected chi connectivity index (χ4v) is 4.03. The molecule has 2 heterocycles. The van der Waals surface area contributed by atoms with E-state index in [9.17, 15) is 4.79 Å². The number of hydrazone groups is 1. The number of aryl methyl sites for hydroxylation is 1. The van der Waals surface area contributed by atoms with Crippen molar-refractivity contribution in [1.29, 1.82) is 0 Å². The lowest BCUT2D eigenvalue weighted by Crippen LogP contribution is -2.18. The van der Waals surface area contributed by atoms with Gasteiger partial charge in [-0.2, -0.15) is 10.2 Å². The summed E-state index contributed by atoms with van der Waals surface area (Å²) >= 11 is 6.09. The van der Waals surface area contributed by atoms with Gasteiger partial charge in [0.2, 0.25) is 0 Å². The van der Waals surface area contributed by atoms with Gasteiger partial charge < -0.3 is 4.74 Å². The highest BCUT2D eigenvalue weighted by atomic mass is 35.5. The van der Waals surface area contributed by atoms with Gasteiger partial charge in [-0.25, -0.2) is 15.1 Å². The number of hydrogen-bond acceptors (Lipinski definition) is 5. The molecular formula is C28H22ClN5O2. The number of para-hydroxylation sites is 1. The van der Waals surface area contributed by atoms with Crippen LogP contribution in [-0.2, 0) is 0 Å². The minimum absolute atomic E-state index is 0.363. The predicted octanol–water partition coefficient (Wildman–Crippen LogP) is 5.82. The second-order valence-electron chi connectivity index (χ2n) is 8.07. The fraction of sp³-hybridized carbons (Fsp3) is 0.0714. The lowest BCUT2D eigenvalue weighted by Gasteiger charge is -2.09. The molecule has 0 spiro atoms. The number of halogens is 1. The van der Waals surface area contributed by atoms with Crippen molar-refractivity contribution in [3.05, 3.63) is 107 Å². The van der Waals surface area contributed by atoms with Gasteiger partial charge in [0.15, 0.2) is 5.65 Å². The third-order valence-corrected chi connectivity index (χ3v) is 5.95. The number of ether oxygens (including phenoxy) is 1. The van der Waals surface area contributed by atoms with Crippen LogP contribution >= 0.6 is 11.6 Å². The van der Waals surface area contributed by atoms with Crippen LogP contribution in [0.1, 0.15) is 21.6 Å². The van der Waals surface area contributed by atoms with Crippen molar-refractivity contribution in [2.75, 3.05) is 7.11 Å². The average molecular weight is 496 g/mol. The summed E-state index contributed by atoms with van der Waals surface area (Å²) in [6, 6.07) is 26.1. The molecule has 5 rings (SSSR count). The minimum atomic E-state index is -0.363. The van der Waals surface area contributed by atoms with E-state index >= 15 is 0 Å². The number of nitrogens with one attached hydrogen (secondary N) is 1. The van der Waals surface area contributed by atoms with E-state index in [0.29, 0.717) is 33.0 Å². The number of hydrogen-bond donors (Lipinski definition) is 1. The van der Waals surface area contributed by atoms with Crippen molar-refractivity contribution in [1.82, 2.24) is 20.2 Å². The summed E-state index contributed by atoms with van der Waals surface area (Å²) in [6.45, 7) is 1.86. The first-order valence-electron chi connectivity index (χ1n) is 11.2. The maximum atomic E-state index is 13.4. The van der Waals surface area contributed by atoms with Gasteiger partial charge in [-0.15, -0.1) is 0 Å². The lowest BCUT2D eigenvalue weighted by atomic mass is 10.1. The molecule has 0 fully saturated rings. The Bertz CT molecular complexity index is 1560. The Labute approximate surface area is 213 Å². The molecule has 178 valence electrons. The summed E-state index contributed by atoms with van der Waals surface area (Å²) in [5.41, 5.74) is 7.47. The Morgan fingerprint density at radius 1 is 1.03 bits per heavy atom. The van der Waals surface area contributed by atoms with Crippen LogP contribution in [0, 0.1) is 6.92 Å². The van der Waals surface area contributed by atoms with Crippen LogP contribution in [0.25, 0.3) is 28.0 Å². The summed E-state index contributed by atoms with van der Waals surface area (Å²) in [7, 11) is 1.61. The molecular weight excluding hydrogens is 474 g/mol. The van der Waals surface area contributed by atoms with Gasteiger partial charge in [-0.3, -0.25) is 4.79 Å². The number of nitrogens with zero attached hydrogens (tertiary/aromatic N) is 4. The average Bonchev–Trinajstić information content (AvgIpc) is 3.25. The van der Waals surface area contributed by atoms with Crippen LogP contribution < -0.4 is 10.2 Å². The quantitative estimate of drug-likeness (QED) is 0.237. The van der Waals surface area contributed by atoms with E-state index in [1.54, 1.807) is 36.2 Å².